The largest absolute Gasteiger partial charge is 0.325 e. The number of nitrogens with one attached hydrogen (secondary N) is 2. The number of aromatic amines is 1. The minimum absolute atomic E-state index is 0.138. The summed E-state index contributed by atoms with van der Waals surface area (Å²) < 4.78 is 13.8. The molecule has 134 valence electrons. The number of benzene rings is 2. The zero-order valence-electron chi connectivity index (χ0n) is 14.7. The van der Waals surface area contributed by atoms with Gasteiger partial charge in [-0.15, -0.1) is 5.10 Å². The highest BCUT2D eigenvalue weighted by Gasteiger charge is 2.19. The van der Waals surface area contributed by atoms with E-state index in [1.54, 1.807) is 25.1 Å². The fourth-order valence-electron chi connectivity index (χ4n) is 2.39. The molecule has 0 saturated heterocycles. The molecule has 2 N–H and O–H groups in total. The van der Waals surface area contributed by atoms with Crippen molar-refractivity contribution in [1.29, 1.82) is 0 Å². The first-order valence-electron chi connectivity index (χ1n) is 8.16. The Morgan fingerprint density at radius 2 is 2.00 bits per heavy atom. The lowest BCUT2D eigenvalue weighted by Gasteiger charge is -2.12. The highest BCUT2D eigenvalue weighted by molar-refractivity contribution is 8.00. The predicted molar refractivity (Wildman–Crippen MR) is 102 cm³/mol. The molecule has 26 heavy (non-hydrogen) atoms. The molecule has 1 atom stereocenters. The molecule has 0 aliphatic carbocycles. The van der Waals surface area contributed by atoms with Gasteiger partial charge in [0.15, 0.2) is 5.82 Å². The molecule has 3 aromatic rings. The molecule has 7 heteroatoms. The number of hydrogen-bond acceptors (Lipinski definition) is 4. The summed E-state index contributed by atoms with van der Waals surface area (Å²) in [5.41, 5.74) is 3.22. The van der Waals surface area contributed by atoms with E-state index in [1.165, 1.54) is 17.8 Å². The number of aromatic nitrogens is 3. The molecule has 0 fully saturated rings. The van der Waals surface area contributed by atoms with Crippen molar-refractivity contribution < 1.29 is 9.18 Å². The SMILES string of the molecule is Cc1ccc(C)c(NC(=O)C(C)Sc2n[nH]c(-c3ccccc3F)n2)c1. The van der Waals surface area contributed by atoms with Gasteiger partial charge >= 0.3 is 0 Å². The quantitative estimate of drug-likeness (QED) is 0.655. The first-order valence-corrected chi connectivity index (χ1v) is 9.04. The van der Waals surface area contributed by atoms with E-state index in [0.717, 1.165) is 16.8 Å². The molecule has 1 unspecified atom stereocenters. The number of nitrogens with zero attached hydrogens (tertiary/aromatic N) is 2. The maximum atomic E-state index is 13.8. The number of rotatable bonds is 5. The molecule has 2 aromatic carbocycles. The van der Waals surface area contributed by atoms with Crippen molar-refractivity contribution in [2.24, 2.45) is 0 Å². The lowest BCUT2D eigenvalue weighted by atomic mass is 10.1. The number of thioether (sulfide) groups is 1. The van der Waals surface area contributed by atoms with Crippen LogP contribution in [0.25, 0.3) is 11.4 Å². The number of anilines is 1. The number of hydrogen-bond donors (Lipinski definition) is 2. The van der Waals surface area contributed by atoms with Gasteiger partial charge in [0.1, 0.15) is 5.82 Å². The Morgan fingerprint density at radius 1 is 1.23 bits per heavy atom. The molecule has 0 aliphatic heterocycles. The molecule has 5 nitrogen and oxygen atoms in total. The molecule has 1 amide bonds. The van der Waals surface area contributed by atoms with Crippen molar-refractivity contribution >= 4 is 23.4 Å². The summed E-state index contributed by atoms with van der Waals surface area (Å²) in [6.07, 6.45) is 0. The standard InChI is InChI=1S/C19H19FN4OS/c1-11-8-9-12(2)16(10-11)21-18(25)13(3)26-19-22-17(23-24-19)14-6-4-5-7-15(14)20/h4-10,13H,1-3H3,(H,21,25)(H,22,23,24). The van der Waals surface area contributed by atoms with Crippen LogP contribution in [0.4, 0.5) is 10.1 Å². The summed E-state index contributed by atoms with van der Waals surface area (Å²) in [6, 6.07) is 12.2. The van der Waals surface area contributed by atoms with Gasteiger partial charge in [0.25, 0.3) is 0 Å². The fourth-order valence-corrected chi connectivity index (χ4v) is 3.11. The molecule has 0 spiro atoms. The number of carbonyl (C=O) groups is 1. The van der Waals surface area contributed by atoms with Crippen molar-refractivity contribution in [3.05, 3.63) is 59.4 Å². The Bertz CT molecular complexity index is 941. The first kappa shape index (κ1) is 18.1. The second-order valence-corrected chi connectivity index (χ2v) is 7.32. The van der Waals surface area contributed by atoms with Crippen molar-refractivity contribution in [1.82, 2.24) is 15.2 Å². The number of aryl methyl sites for hydroxylation is 2. The highest BCUT2D eigenvalue weighted by atomic mass is 32.2. The van der Waals surface area contributed by atoms with Crippen LogP contribution in [0.2, 0.25) is 0 Å². The molecule has 3 rings (SSSR count). The van der Waals surface area contributed by atoms with Gasteiger partial charge in [0, 0.05) is 5.69 Å². The second-order valence-electron chi connectivity index (χ2n) is 6.01. The van der Waals surface area contributed by atoms with E-state index in [1.807, 2.05) is 32.0 Å². The van der Waals surface area contributed by atoms with Gasteiger partial charge in [-0.1, -0.05) is 36.0 Å². The van der Waals surface area contributed by atoms with Crippen LogP contribution in [0.5, 0.6) is 0 Å². The predicted octanol–water partition coefficient (Wildman–Crippen LogP) is 4.35. The summed E-state index contributed by atoms with van der Waals surface area (Å²) in [6.45, 7) is 5.71. The van der Waals surface area contributed by atoms with Crippen LogP contribution in [0.1, 0.15) is 18.1 Å². The number of amides is 1. The smallest absolute Gasteiger partial charge is 0.237 e. The number of halogens is 1. The molecular formula is C19H19FN4OS. The number of H-pyrrole nitrogens is 1. The summed E-state index contributed by atoms with van der Waals surface area (Å²) >= 11 is 1.21. The van der Waals surface area contributed by atoms with Crippen LogP contribution in [0, 0.1) is 19.7 Å². The van der Waals surface area contributed by atoms with Crippen molar-refractivity contribution in [2.45, 2.75) is 31.2 Å². The molecule has 0 aliphatic rings. The van der Waals surface area contributed by atoms with Gasteiger partial charge in [-0.25, -0.2) is 9.37 Å². The van der Waals surface area contributed by atoms with E-state index in [9.17, 15) is 9.18 Å². The van der Waals surface area contributed by atoms with Crippen LogP contribution in [0.15, 0.2) is 47.6 Å². The fraction of sp³-hybridized carbons (Fsp3) is 0.211. The van der Waals surface area contributed by atoms with E-state index >= 15 is 0 Å². The summed E-state index contributed by atoms with van der Waals surface area (Å²) in [4.78, 5) is 16.7. The Hall–Kier alpha value is -2.67. The van der Waals surface area contributed by atoms with E-state index < -0.39 is 5.25 Å². The molecule has 0 radical (unpaired) electrons. The maximum absolute atomic E-state index is 13.8. The van der Waals surface area contributed by atoms with Crippen LogP contribution < -0.4 is 5.32 Å². The molecule has 1 heterocycles. The van der Waals surface area contributed by atoms with Crippen molar-refractivity contribution in [2.75, 3.05) is 5.32 Å². The third-order valence-electron chi connectivity index (χ3n) is 3.90. The van der Waals surface area contributed by atoms with Gasteiger partial charge in [-0.2, -0.15) is 0 Å². The average Bonchev–Trinajstić information content (AvgIpc) is 3.06. The van der Waals surface area contributed by atoms with E-state index in [4.69, 9.17) is 0 Å². The zero-order valence-corrected chi connectivity index (χ0v) is 15.5. The lowest BCUT2D eigenvalue weighted by molar-refractivity contribution is -0.115. The molecule has 0 saturated carbocycles. The minimum atomic E-state index is -0.404. The van der Waals surface area contributed by atoms with Crippen LogP contribution in [-0.2, 0) is 4.79 Å². The monoisotopic (exact) mass is 370 g/mol. The Morgan fingerprint density at radius 3 is 2.77 bits per heavy atom. The summed E-state index contributed by atoms with van der Waals surface area (Å²) in [5, 5.41) is 9.72. The highest BCUT2D eigenvalue weighted by Crippen LogP contribution is 2.25. The Kier molecular flexibility index (Phi) is 5.37. The topological polar surface area (TPSA) is 70.7 Å². The number of carbonyl (C=O) groups excluding carboxylic acids is 1. The first-order chi connectivity index (χ1) is 12.4. The third-order valence-corrected chi connectivity index (χ3v) is 4.86. The third kappa shape index (κ3) is 4.11. The maximum Gasteiger partial charge on any atom is 0.237 e. The van der Waals surface area contributed by atoms with Crippen molar-refractivity contribution in [3.8, 4) is 11.4 Å². The average molecular weight is 370 g/mol. The molecule has 1 aromatic heterocycles. The molecule has 0 bridgehead atoms. The Balaban J connectivity index is 1.68. The van der Waals surface area contributed by atoms with Crippen LogP contribution >= 0.6 is 11.8 Å². The van der Waals surface area contributed by atoms with Gasteiger partial charge in [-0.3, -0.25) is 9.89 Å². The van der Waals surface area contributed by atoms with Gasteiger partial charge in [-0.05, 0) is 50.1 Å². The van der Waals surface area contributed by atoms with Crippen LogP contribution in [-0.4, -0.2) is 26.3 Å². The van der Waals surface area contributed by atoms with E-state index in [-0.39, 0.29) is 11.7 Å². The normalized spacial score (nSPS) is 12.0. The minimum Gasteiger partial charge on any atom is -0.325 e. The summed E-state index contributed by atoms with van der Waals surface area (Å²) in [7, 11) is 0. The summed E-state index contributed by atoms with van der Waals surface area (Å²) in [5.74, 6) is -0.172. The Labute approximate surface area is 155 Å². The van der Waals surface area contributed by atoms with E-state index in [0.29, 0.717) is 16.5 Å². The van der Waals surface area contributed by atoms with Crippen LogP contribution in [0.3, 0.4) is 0 Å². The zero-order chi connectivity index (χ0) is 18.7. The van der Waals surface area contributed by atoms with Crippen molar-refractivity contribution in [3.63, 3.8) is 0 Å². The van der Waals surface area contributed by atoms with E-state index in [2.05, 4.69) is 20.5 Å². The van der Waals surface area contributed by atoms with Gasteiger partial charge < -0.3 is 5.32 Å². The lowest BCUT2D eigenvalue weighted by Crippen LogP contribution is -2.23. The second kappa shape index (κ2) is 7.70. The van der Waals surface area contributed by atoms with Gasteiger partial charge in [0.05, 0.1) is 10.8 Å². The van der Waals surface area contributed by atoms with Gasteiger partial charge in [0.2, 0.25) is 11.1 Å². The molecular weight excluding hydrogens is 351 g/mol.